The number of hydrogen-bond acceptors (Lipinski definition) is 0. The molecule has 0 radical (unpaired) electrons. The molecule has 0 nitrogen and oxygen atoms in total. The van der Waals surface area contributed by atoms with E-state index in [0.717, 1.165) is 0 Å². The molecule has 0 atom stereocenters. The van der Waals surface area contributed by atoms with Crippen molar-refractivity contribution in [3.63, 3.8) is 0 Å². The zero-order valence-corrected chi connectivity index (χ0v) is 11.8. The molecule has 0 unspecified atom stereocenters. The average molecular weight is 259 g/mol. The van der Waals surface area contributed by atoms with Gasteiger partial charge in [0.15, 0.2) is 0 Å². The van der Waals surface area contributed by atoms with Crippen molar-refractivity contribution in [2.75, 3.05) is 0 Å². The largest absolute Gasteiger partial charge is 2.00 e. The summed E-state index contributed by atoms with van der Waals surface area (Å²) in [5.41, 5.74) is 0. The molecule has 0 rings (SSSR count). The molecule has 10 heavy (non-hydrogen) atoms. The molecule has 0 aliphatic rings. The van der Waals surface area contributed by atoms with Crippen molar-refractivity contribution in [1.29, 1.82) is 0 Å². The molecule has 0 saturated carbocycles. The normalized spacial score (nSPS) is 7.80. The van der Waals surface area contributed by atoms with E-state index < -0.39 is 0 Å². The smallest absolute Gasteiger partial charge is 1.00 e. The summed E-state index contributed by atoms with van der Waals surface area (Å²) in [6.07, 6.45) is 9.12. The van der Waals surface area contributed by atoms with Crippen molar-refractivity contribution >= 4 is 0 Å². The fraction of sp³-hybridized carbons (Fsp3) is 0.875. The van der Waals surface area contributed by atoms with Crippen molar-refractivity contribution in [3.05, 3.63) is 6.42 Å². The molecule has 0 fully saturated rings. The van der Waals surface area contributed by atoms with Crippen LogP contribution in [0.4, 0.5) is 0 Å². The SMILES string of the molecule is C[CH-]CCCCCC.[Br-].[Zn+2]. The standard InChI is InChI=1S/C8H17.BrH.Zn/c1-3-5-7-8-6-4-2;;/h3H,4-8H2,1-2H3;1H;/q-1;;+2/p-1. The molecule has 58 valence electrons. The second kappa shape index (κ2) is 16.6. The Hall–Kier alpha value is 1.10. The molecule has 0 N–H and O–H groups in total. The molecule has 0 bridgehead atoms. The number of rotatable bonds is 5. The summed E-state index contributed by atoms with van der Waals surface area (Å²) in [5.74, 6) is 0. The summed E-state index contributed by atoms with van der Waals surface area (Å²) in [6.45, 7) is 4.38. The van der Waals surface area contributed by atoms with Crippen molar-refractivity contribution in [2.45, 2.75) is 46.0 Å². The maximum atomic E-state index is 2.25. The maximum absolute atomic E-state index is 2.25. The Kier molecular flexibility index (Phi) is 28.6. The van der Waals surface area contributed by atoms with Gasteiger partial charge in [-0.25, -0.2) is 0 Å². The van der Waals surface area contributed by atoms with Gasteiger partial charge in [-0.2, -0.15) is 13.3 Å². The predicted molar refractivity (Wildman–Crippen MR) is 38.7 cm³/mol. The number of hydrogen-bond donors (Lipinski definition) is 0. The molecular weight excluding hydrogens is 241 g/mol. The Morgan fingerprint density at radius 3 is 2.10 bits per heavy atom. The Morgan fingerprint density at radius 2 is 1.70 bits per heavy atom. The fourth-order valence-electron chi connectivity index (χ4n) is 0.775. The van der Waals surface area contributed by atoms with E-state index in [9.17, 15) is 0 Å². The molecule has 0 aromatic heterocycles. The van der Waals surface area contributed by atoms with Gasteiger partial charge in [0.1, 0.15) is 0 Å². The van der Waals surface area contributed by atoms with E-state index in [1.54, 1.807) is 0 Å². The molecule has 0 aliphatic carbocycles. The first kappa shape index (κ1) is 17.3. The molecule has 0 aromatic rings. The van der Waals surface area contributed by atoms with Crippen LogP contribution < -0.4 is 17.0 Å². The van der Waals surface area contributed by atoms with E-state index in [1.165, 1.54) is 32.1 Å². The van der Waals surface area contributed by atoms with E-state index >= 15 is 0 Å². The zero-order chi connectivity index (χ0) is 6.24. The quantitative estimate of drug-likeness (QED) is 0.375. The van der Waals surface area contributed by atoms with Crippen LogP contribution in [-0.4, -0.2) is 0 Å². The summed E-state index contributed by atoms with van der Waals surface area (Å²) < 4.78 is 0. The summed E-state index contributed by atoms with van der Waals surface area (Å²) in [5, 5.41) is 0. The van der Waals surface area contributed by atoms with Gasteiger partial charge in [-0.3, -0.25) is 0 Å². The van der Waals surface area contributed by atoms with Gasteiger partial charge in [-0.05, 0) is 0 Å². The average Bonchev–Trinajstić information content (AvgIpc) is 1.81. The summed E-state index contributed by atoms with van der Waals surface area (Å²) in [7, 11) is 0. The third-order valence-corrected chi connectivity index (χ3v) is 1.35. The van der Waals surface area contributed by atoms with Crippen molar-refractivity contribution < 1.29 is 36.5 Å². The second-order valence-electron chi connectivity index (χ2n) is 2.26. The van der Waals surface area contributed by atoms with E-state index in [2.05, 4.69) is 20.3 Å². The minimum absolute atomic E-state index is 0. The summed E-state index contributed by atoms with van der Waals surface area (Å²) >= 11 is 0. The van der Waals surface area contributed by atoms with Gasteiger partial charge in [0.05, 0.1) is 0 Å². The molecule has 0 aliphatic heterocycles. The van der Waals surface area contributed by atoms with Crippen molar-refractivity contribution in [2.24, 2.45) is 0 Å². The first-order valence-electron chi connectivity index (χ1n) is 3.69. The molecule has 0 spiro atoms. The van der Waals surface area contributed by atoms with Gasteiger partial charge in [-0.15, -0.1) is 0 Å². The van der Waals surface area contributed by atoms with Crippen molar-refractivity contribution in [3.8, 4) is 0 Å². The molecular formula is C8H17BrZn. The number of unbranched alkanes of at least 4 members (excludes halogenated alkanes) is 5. The van der Waals surface area contributed by atoms with Gasteiger partial charge < -0.3 is 23.4 Å². The van der Waals surface area contributed by atoms with Crippen LogP contribution in [0, 0.1) is 6.42 Å². The van der Waals surface area contributed by atoms with E-state index in [4.69, 9.17) is 0 Å². The van der Waals surface area contributed by atoms with E-state index in [-0.39, 0.29) is 36.5 Å². The van der Waals surface area contributed by atoms with Crippen molar-refractivity contribution in [1.82, 2.24) is 0 Å². The van der Waals surface area contributed by atoms with E-state index in [0.29, 0.717) is 0 Å². The van der Waals surface area contributed by atoms with Gasteiger partial charge in [0.25, 0.3) is 0 Å². The van der Waals surface area contributed by atoms with Crippen LogP contribution in [0.1, 0.15) is 46.0 Å². The molecule has 0 heterocycles. The monoisotopic (exact) mass is 256 g/mol. The minimum Gasteiger partial charge on any atom is -1.00 e. The van der Waals surface area contributed by atoms with Crippen LogP contribution >= 0.6 is 0 Å². The third-order valence-electron chi connectivity index (χ3n) is 1.35. The van der Waals surface area contributed by atoms with Crippen LogP contribution in [-0.2, 0) is 19.5 Å². The Morgan fingerprint density at radius 1 is 1.10 bits per heavy atom. The third kappa shape index (κ3) is 16.0. The second-order valence-corrected chi connectivity index (χ2v) is 2.26. The van der Waals surface area contributed by atoms with Crippen LogP contribution in [0.5, 0.6) is 0 Å². The first-order chi connectivity index (χ1) is 3.91. The first-order valence-corrected chi connectivity index (χ1v) is 3.69. The van der Waals surface area contributed by atoms with E-state index in [1.807, 2.05) is 0 Å². The van der Waals surface area contributed by atoms with Gasteiger partial charge in [-0.1, -0.05) is 32.6 Å². The molecule has 0 saturated heterocycles. The van der Waals surface area contributed by atoms with Crippen LogP contribution in [0.2, 0.25) is 0 Å². The number of halogens is 1. The van der Waals surface area contributed by atoms with Gasteiger partial charge in [0, 0.05) is 0 Å². The van der Waals surface area contributed by atoms with Gasteiger partial charge >= 0.3 is 19.5 Å². The summed E-state index contributed by atoms with van der Waals surface area (Å²) in [6, 6.07) is 0. The minimum atomic E-state index is 0. The van der Waals surface area contributed by atoms with Crippen LogP contribution in [0.25, 0.3) is 0 Å². The molecule has 2 heteroatoms. The van der Waals surface area contributed by atoms with Crippen LogP contribution in [0.3, 0.4) is 0 Å². The maximum Gasteiger partial charge on any atom is 2.00 e. The Balaban J connectivity index is -0.000000245. The topological polar surface area (TPSA) is 0 Å². The fourth-order valence-corrected chi connectivity index (χ4v) is 0.775. The predicted octanol–water partition coefficient (Wildman–Crippen LogP) is 0.182. The molecule has 0 aromatic carbocycles. The van der Waals surface area contributed by atoms with Gasteiger partial charge in [0.2, 0.25) is 0 Å². The van der Waals surface area contributed by atoms with Crippen LogP contribution in [0.15, 0.2) is 0 Å². The zero-order valence-electron chi connectivity index (χ0n) is 7.20. The Bertz CT molecular complexity index is 34.2. The molecule has 0 amide bonds. The Labute approximate surface area is 88.7 Å². The summed E-state index contributed by atoms with van der Waals surface area (Å²) in [4.78, 5) is 0.